The van der Waals surface area contributed by atoms with Gasteiger partial charge in [-0.05, 0) is 52.6 Å². The highest BCUT2D eigenvalue weighted by molar-refractivity contribution is 7.10. The molecule has 36 heavy (non-hydrogen) atoms. The molecule has 4 rings (SSSR count). The number of rotatable bonds is 6. The average molecular weight is 561 g/mol. The SMILES string of the molecule is CCOC(=O)c1csc(C2CCN(C(=O)O)CC2)n1.CCOC(=O)c1csc(C2CCNCC2)n1.Cl. The Labute approximate surface area is 224 Å². The second-order valence-corrected chi connectivity index (χ2v) is 9.93. The molecule has 2 N–H and O–H groups in total. The molecule has 2 aromatic rings. The lowest BCUT2D eigenvalue weighted by Gasteiger charge is -2.28. The zero-order valence-electron chi connectivity index (χ0n) is 20.4. The predicted molar refractivity (Wildman–Crippen MR) is 140 cm³/mol. The van der Waals surface area contributed by atoms with Crippen LogP contribution in [0.15, 0.2) is 10.8 Å². The molecule has 0 unspecified atom stereocenters. The van der Waals surface area contributed by atoms with Crippen LogP contribution in [0, 0.1) is 0 Å². The molecule has 2 aliphatic rings. The van der Waals surface area contributed by atoms with E-state index in [1.807, 2.05) is 0 Å². The van der Waals surface area contributed by atoms with Gasteiger partial charge in [0.1, 0.15) is 0 Å². The van der Waals surface area contributed by atoms with Gasteiger partial charge in [-0.15, -0.1) is 35.1 Å². The first-order chi connectivity index (χ1) is 16.9. The molecule has 2 fully saturated rings. The summed E-state index contributed by atoms with van der Waals surface area (Å²) in [4.78, 5) is 43.9. The largest absolute Gasteiger partial charge is 0.465 e. The van der Waals surface area contributed by atoms with Gasteiger partial charge in [0.15, 0.2) is 11.4 Å². The summed E-state index contributed by atoms with van der Waals surface area (Å²) in [6.45, 7) is 7.42. The van der Waals surface area contributed by atoms with E-state index in [0.29, 0.717) is 43.6 Å². The number of hydrogen-bond acceptors (Lipinski definition) is 10. The summed E-state index contributed by atoms with van der Waals surface area (Å²) < 4.78 is 9.82. The van der Waals surface area contributed by atoms with Gasteiger partial charge in [0.2, 0.25) is 0 Å². The van der Waals surface area contributed by atoms with E-state index in [4.69, 9.17) is 14.6 Å². The van der Waals surface area contributed by atoms with Crippen molar-refractivity contribution in [2.45, 2.75) is 51.4 Å². The van der Waals surface area contributed by atoms with Gasteiger partial charge < -0.3 is 24.8 Å². The van der Waals surface area contributed by atoms with E-state index in [1.54, 1.807) is 35.9 Å². The third-order valence-electron chi connectivity index (χ3n) is 5.82. The number of aromatic nitrogens is 2. The van der Waals surface area contributed by atoms with Gasteiger partial charge in [-0.25, -0.2) is 24.4 Å². The number of ether oxygens (including phenoxy) is 2. The Morgan fingerprint density at radius 3 is 1.78 bits per heavy atom. The minimum Gasteiger partial charge on any atom is -0.465 e. The first kappa shape index (κ1) is 29.9. The Bertz CT molecular complexity index is 987. The maximum Gasteiger partial charge on any atom is 0.407 e. The molecule has 0 aliphatic carbocycles. The monoisotopic (exact) mass is 560 g/mol. The van der Waals surface area contributed by atoms with E-state index in [0.717, 1.165) is 48.8 Å². The lowest BCUT2D eigenvalue weighted by molar-refractivity contribution is 0.0510. The quantitative estimate of drug-likeness (QED) is 0.494. The van der Waals surface area contributed by atoms with Crippen LogP contribution < -0.4 is 5.32 Å². The Hall–Kier alpha value is -2.28. The van der Waals surface area contributed by atoms with Gasteiger partial charge in [0.25, 0.3) is 0 Å². The minimum atomic E-state index is -0.871. The fourth-order valence-corrected chi connectivity index (χ4v) is 5.86. The first-order valence-electron chi connectivity index (χ1n) is 11.9. The Morgan fingerprint density at radius 2 is 1.36 bits per heavy atom. The van der Waals surface area contributed by atoms with E-state index < -0.39 is 12.1 Å². The van der Waals surface area contributed by atoms with E-state index in [9.17, 15) is 14.4 Å². The Kier molecular flexibility index (Phi) is 12.5. The highest BCUT2D eigenvalue weighted by Crippen LogP contribution is 2.30. The molecule has 10 nitrogen and oxygen atoms in total. The van der Waals surface area contributed by atoms with Crippen molar-refractivity contribution in [3.05, 3.63) is 32.2 Å². The molecule has 2 aliphatic heterocycles. The molecular weight excluding hydrogens is 528 g/mol. The van der Waals surface area contributed by atoms with Crippen molar-refractivity contribution in [3.8, 4) is 0 Å². The average Bonchev–Trinajstić information content (AvgIpc) is 3.56. The van der Waals surface area contributed by atoms with Crippen LogP contribution in [0.4, 0.5) is 4.79 Å². The summed E-state index contributed by atoms with van der Waals surface area (Å²) in [6.07, 6.45) is 2.85. The smallest absolute Gasteiger partial charge is 0.407 e. The highest BCUT2D eigenvalue weighted by Gasteiger charge is 2.26. The summed E-state index contributed by atoms with van der Waals surface area (Å²) in [5.41, 5.74) is 0.808. The molecule has 0 saturated carbocycles. The third-order valence-corrected chi connectivity index (χ3v) is 7.83. The number of piperidine rings is 2. The van der Waals surface area contributed by atoms with Gasteiger partial charge >= 0.3 is 18.0 Å². The molecule has 1 amide bonds. The number of carbonyl (C=O) groups excluding carboxylic acids is 2. The standard InChI is InChI=1S/C12H16N2O4S.C11H16N2O2S.ClH/c1-2-18-11(15)9-7-19-10(13-9)8-3-5-14(6-4-8)12(16)17;1-2-15-11(14)9-7-16-10(13-9)8-3-5-12-6-4-8;/h7-8H,2-6H2,1H3,(H,16,17);7-8,12H,2-6H2,1H3;1H. The number of likely N-dealkylation sites (tertiary alicyclic amines) is 1. The molecule has 2 saturated heterocycles. The fourth-order valence-electron chi connectivity index (χ4n) is 3.93. The van der Waals surface area contributed by atoms with Crippen molar-refractivity contribution in [3.63, 3.8) is 0 Å². The van der Waals surface area contributed by atoms with Crippen LogP contribution in [-0.4, -0.2) is 77.4 Å². The maximum absolute atomic E-state index is 11.5. The van der Waals surface area contributed by atoms with Gasteiger partial charge in [-0.2, -0.15) is 0 Å². The third kappa shape index (κ3) is 8.39. The molecule has 13 heteroatoms. The number of halogens is 1. The number of carboxylic acid groups (broad SMARTS) is 1. The summed E-state index contributed by atoms with van der Waals surface area (Å²) in [7, 11) is 0. The number of thiazole rings is 2. The summed E-state index contributed by atoms with van der Waals surface area (Å²) in [5, 5.41) is 17.7. The van der Waals surface area contributed by atoms with Crippen LogP contribution in [0.3, 0.4) is 0 Å². The lowest BCUT2D eigenvalue weighted by atomic mass is 9.98. The zero-order chi connectivity index (χ0) is 25.2. The zero-order valence-corrected chi connectivity index (χ0v) is 22.9. The molecule has 4 heterocycles. The minimum absolute atomic E-state index is 0. The lowest BCUT2D eigenvalue weighted by Crippen LogP contribution is -2.36. The Balaban J connectivity index is 0.000000250. The molecular formula is C23H33ClN4O6S2. The highest BCUT2D eigenvalue weighted by atomic mass is 35.5. The van der Waals surface area contributed by atoms with Gasteiger partial charge in [0.05, 0.1) is 23.2 Å². The van der Waals surface area contributed by atoms with Crippen LogP contribution in [-0.2, 0) is 9.47 Å². The van der Waals surface area contributed by atoms with Crippen LogP contribution in [0.5, 0.6) is 0 Å². The second-order valence-electron chi connectivity index (χ2n) is 8.15. The van der Waals surface area contributed by atoms with Crippen molar-refractivity contribution in [1.82, 2.24) is 20.2 Å². The van der Waals surface area contributed by atoms with Crippen molar-refractivity contribution in [2.24, 2.45) is 0 Å². The van der Waals surface area contributed by atoms with E-state index in [1.165, 1.54) is 16.2 Å². The number of esters is 2. The number of hydrogen-bond donors (Lipinski definition) is 2. The van der Waals surface area contributed by atoms with Crippen LogP contribution in [0.1, 0.15) is 82.4 Å². The fraction of sp³-hybridized carbons (Fsp3) is 0.609. The van der Waals surface area contributed by atoms with E-state index in [-0.39, 0.29) is 24.3 Å². The van der Waals surface area contributed by atoms with Gasteiger partial charge in [-0.1, -0.05) is 0 Å². The first-order valence-corrected chi connectivity index (χ1v) is 13.6. The van der Waals surface area contributed by atoms with Crippen molar-refractivity contribution in [2.75, 3.05) is 39.4 Å². The molecule has 0 bridgehead atoms. The van der Waals surface area contributed by atoms with Crippen molar-refractivity contribution < 1.29 is 29.0 Å². The topological polar surface area (TPSA) is 131 Å². The van der Waals surface area contributed by atoms with Crippen LogP contribution >= 0.6 is 35.1 Å². The number of nitrogens with one attached hydrogen (secondary N) is 1. The van der Waals surface area contributed by atoms with E-state index >= 15 is 0 Å². The van der Waals surface area contributed by atoms with Gasteiger partial charge in [-0.3, -0.25) is 0 Å². The predicted octanol–water partition coefficient (Wildman–Crippen LogP) is 4.39. The summed E-state index contributed by atoms with van der Waals surface area (Å²) in [5.74, 6) is 0.0464. The molecule has 0 radical (unpaired) electrons. The summed E-state index contributed by atoms with van der Waals surface area (Å²) in [6, 6.07) is 0. The molecule has 0 spiro atoms. The summed E-state index contributed by atoms with van der Waals surface area (Å²) >= 11 is 3.01. The van der Waals surface area contributed by atoms with Crippen molar-refractivity contribution >= 4 is 53.1 Å². The van der Waals surface area contributed by atoms with E-state index in [2.05, 4.69) is 15.3 Å². The van der Waals surface area contributed by atoms with Crippen molar-refractivity contribution in [1.29, 1.82) is 0 Å². The van der Waals surface area contributed by atoms with Crippen LogP contribution in [0.25, 0.3) is 0 Å². The molecule has 200 valence electrons. The van der Waals surface area contributed by atoms with Gasteiger partial charge in [0, 0.05) is 35.7 Å². The van der Waals surface area contributed by atoms with Crippen LogP contribution in [0.2, 0.25) is 0 Å². The molecule has 0 atom stereocenters. The molecule has 2 aromatic heterocycles. The normalized spacial score (nSPS) is 16.3. The molecule has 0 aromatic carbocycles. The number of amides is 1. The Morgan fingerprint density at radius 1 is 0.917 bits per heavy atom. The number of carbonyl (C=O) groups is 3. The maximum atomic E-state index is 11.5. The number of nitrogens with zero attached hydrogens (tertiary/aromatic N) is 3. The second kappa shape index (κ2) is 15.1.